The highest BCUT2D eigenvalue weighted by molar-refractivity contribution is 5.95. The number of esters is 1. The summed E-state index contributed by atoms with van der Waals surface area (Å²) in [5, 5.41) is 11.0. The van der Waals surface area contributed by atoms with Crippen molar-refractivity contribution in [2.75, 3.05) is 27.3 Å². The summed E-state index contributed by atoms with van der Waals surface area (Å²) in [6.45, 7) is 0.509. The van der Waals surface area contributed by atoms with Gasteiger partial charge in [-0.2, -0.15) is 0 Å². The maximum atomic E-state index is 12.9. The standard InChI is InChI=1S/C20H22N2O6/c1-27-18-8-6-15(7-9-18)10-12-21(13-11-19(23)28-2)20(24)16-4-3-5-17(14-16)22(25)26/h3-9,14H,10-13H2,1-2H3. The van der Waals surface area contributed by atoms with E-state index >= 15 is 0 Å². The second-order valence-corrected chi connectivity index (χ2v) is 6.02. The molecule has 0 saturated carbocycles. The van der Waals surface area contributed by atoms with Gasteiger partial charge in [0.25, 0.3) is 11.6 Å². The normalized spacial score (nSPS) is 10.2. The summed E-state index contributed by atoms with van der Waals surface area (Å²) in [4.78, 5) is 36.3. The van der Waals surface area contributed by atoms with Crippen molar-refractivity contribution >= 4 is 17.6 Å². The molecule has 0 aliphatic rings. The number of carbonyl (C=O) groups excluding carboxylic acids is 2. The first kappa shape index (κ1) is 20.9. The van der Waals surface area contributed by atoms with Crippen LogP contribution in [0.3, 0.4) is 0 Å². The van der Waals surface area contributed by atoms with Crippen molar-refractivity contribution in [3.8, 4) is 5.75 Å². The van der Waals surface area contributed by atoms with Crippen LogP contribution >= 0.6 is 0 Å². The minimum Gasteiger partial charge on any atom is -0.497 e. The van der Waals surface area contributed by atoms with Gasteiger partial charge in [-0.15, -0.1) is 0 Å². The molecule has 0 aliphatic heterocycles. The van der Waals surface area contributed by atoms with E-state index in [1.54, 1.807) is 7.11 Å². The van der Waals surface area contributed by atoms with Crippen LogP contribution in [0.1, 0.15) is 22.3 Å². The van der Waals surface area contributed by atoms with Gasteiger partial charge < -0.3 is 14.4 Å². The number of nitro groups is 1. The summed E-state index contributed by atoms with van der Waals surface area (Å²) in [7, 11) is 2.87. The summed E-state index contributed by atoms with van der Waals surface area (Å²) < 4.78 is 9.77. The van der Waals surface area contributed by atoms with E-state index in [0.29, 0.717) is 13.0 Å². The molecule has 2 rings (SSSR count). The predicted octanol–water partition coefficient (Wildman–Crippen LogP) is 2.85. The fourth-order valence-corrected chi connectivity index (χ4v) is 2.63. The first-order valence-electron chi connectivity index (χ1n) is 8.68. The van der Waals surface area contributed by atoms with Crippen molar-refractivity contribution in [2.45, 2.75) is 12.8 Å². The lowest BCUT2D eigenvalue weighted by atomic mass is 10.1. The number of carbonyl (C=O) groups is 2. The van der Waals surface area contributed by atoms with Crippen LogP contribution in [0.5, 0.6) is 5.75 Å². The number of nitrogens with zero attached hydrogens (tertiary/aromatic N) is 2. The van der Waals surface area contributed by atoms with Crippen LogP contribution in [0.2, 0.25) is 0 Å². The van der Waals surface area contributed by atoms with E-state index in [1.165, 1.54) is 36.3 Å². The highest BCUT2D eigenvalue weighted by Gasteiger charge is 2.19. The SMILES string of the molecule is COC(=O)CCN(CCc1ccc(OC)cc1)C(=O)c1cccc([N+](=O)[O-])c1. The highest BCUT2D eigenvalue weighted by atomic mass is 16.6. The molecule has 28 heavy (non-hydrogen) atoms. The molecule has 2 aromatic rings. The number of hydrogen-bond donors (Lipinski definition) is 0. The monoisotopic (exact) mass is 386 g/mol. The number of rotatable bonds is 9. The third kappa shape index (κ3) is 5.80. The molecule has 0 aromatic heterocycles. The fourth-order valence-electron chi connectivity index (χ4n) is 2.63. The molecule has 0 bridgehead atoms. The Labute approximate surface area is 162 Å². The molecule has 2 aromatic carbocycles. The number of non-ortho nitro benzene ring substituents is 1. The Morgan fingerprint density at radius 3 is 2.39 bits per heavy atom. The summed E-state index contributed by atoms with van der Waals surface area (Å²) in [6, 6.07) is 13.0. The molecule has 0 spiro atoms. The maximum absolute atomic E-state index is 12.9. The minimum atomic E-state index is -0.549. The molecule has 0 heterocycles. The Hall–Kier alpha value is -3.42. The van der Waals surface area contributed by atoms with E-state index in [-0.39, 0.29) is 30.1 Å². The Kier molecular flexibility index (Phi) is 7.50. The summed E-state index contributed by atoms with van der Waals surface area (Å²) in [5.74, 6) is -0.0682. The quantitative estimate of drug-likeness (QED) is 0.373. The topological polar surface area (TPSA) is 99.0 Å². The van der Waals surface area contributed by atoms with Gasteiger partial charge in [-0.25, -0.2) is 0 Å². The number of benzene rings is 2. The Morgan fingerprint density at radius 1 is 1.07 bits per heavy atom. The van der Waals surface area contributed by atoms with Crippen LogP contribution in [0.15, 0.2) is 48.5 Å². The summed E-state index contributed by atoms with van der Waals surface area (Å²) in [6.07, 6.45) is 0.603. The van der Waals surface area contributed by atoms with Gasteiger partial charge in [-0.1, -0.05) is 18.2 Å². The molecule has 0 unspecified atom stereocenters. The van der Waals surface area contributed by atoms with Gasteiger partial charge in [0.1, 0.15) is 5.75 Å². The Balaban J connectivity index is 2.14. The Bertz CT molecular complexity index is 835. The van der Waals surface area contributed by atoms with Gasteiger partial charge in [0.15, 0.2) is 0 Å². The van der Waals surface area contributed by atoms with E-state index < -0.39 is 10.9 Å². The molecule has 148 valence electrons. The van der Waals surface area contributed by atoms with E-state index in [2.05, 4.69) is 4.74 Å². The molecular formula is C20H22N2O6. The fraction of sp³-hybridized carbons (Fsp3) is 0.300. The second-order valence-electron chi connectivity index (χ2n) is 6.02. The highest BCUT2D eigenvalue weighted by Crippen LogP contribution is 2.16. The molecule has 0 saturated heterocycles. The molecule has 1 amide bonds. The first-order valence-corrected chi connectivity index (χ1v) is 8.68. The van der Waals surface area contributed by atoms with Crippen molar-refractivity contribution in [1.29, 1.82) is 0 Å². The van der Waals surface area contributed by atoms with Crippen molar-refractivity contribution in [1.82, 2.24) is 4.90 Å². The second kappa shape index (κ2) is 10.1. The number of methoxy groups -OCH3 is 2. The van der Waals surface area contributed by atoms with Crippen molar-refractivity contribution in [3.63, 3.8) is 0 Å². The largest absolute Gasteiger partial charge is 0.497 e. The van der Waals surface area contributed by atoms with Crippen LogP contribution < -0.4 is 4.74 Å². The average molecular weight is 386 g/mol. The zero-order chi connectivity index (χ0) is 20.5. The van der Waals surface area contributed by atoms with Crippen LogP contribution in [-0.4, -0.2) is 49.0 Å². The minimum absolute atomic E-state index is 0.0414. The third-order valence-corrected chi connectivity index (χ3v) is 4.23. The molecule has 0 N–H and O–H groups in total. The predicted molar refractivity (Wildman–Crippen MR) is 102 cm³/mol. The average Bonchev–Trinajstić information content (AvgIpc) is 2.73. The smallest absolute Gasteiger partial charge is 0.307 e. The van der Waals surface area contributed by atoms with Gasteiger partial charge >= 0.3 is 5.97 Å². The van der Waals surface area contributed by atoms with Gasteiger partial charge in [-0.3, -0.25) is 19.7 Å². The molecule has 8 heteroatoms. The van der Waals surface area contributed by atoms with E-state index in [9.17, 15) is 19.7 Å². The van der Waals surface area contributed by atoms with Crippen LogP contribution in [-0.2, 0) is 16.0 Å². The lowest BCUT2D eigenvalue weighted by Gasteiger charge is -2.22. The van der Waals surface area contributed by atoms with Crippen molar-refractivity contribution < 1.29 is 24.0 Å². The van der Waals surface area contributed by atoms with Gasteiger partial charge in [-0.05, 0) is 30.2 Å². The van der Waals surface area contributed by atoms with Crippen molar-refractivity contribution in [2.24, 2.45) is 0 Å². The zero-order valence-electron chi connectivity index (χ0n) is 15.8. The maximum Gasteiger partial charge on any atom is 0.307 e. The number of amides is 1. The molecule has 0 fully saturated rings. The van der Waals surface area contributed by atoms with Gasteiger partial charge in [0.2, 0.25) is 0 Å². The molecule has 0 aliphatic carbocycles. The van der Waals surface area contributed by atoms with E-state index in [4.69, 9.17) is 4.74 Å². The Morgan fingerprint density at radius 2 is 1.79 bits per heavy atom. The van der Waals surface area contributed by atoms with Crippen LogP contribution in [0.4, 0.5) is 5.69 Å². The molecule has 8 nitrogen and oxygen atoms in total. The van der Waals surface area contributed by atoms with Gasteiger partial charge in [0.05, 0.1) is 25.6 Å². The van der Waals surface area contributed by atoms with Crippen LogP contribution in [0.25, 0.3) is 0 Å². The zero-order valence-corrected chi connectivity index (χ0v) is 15.8. The number of ether oxygens (including phenoxy) is 2. The van der Waals surface area contributed by atoms with Crippen molar-refractivity contribution in [3.05, 3.63) is 69.8 Å². The lowest BCUT2D eigenvalue weighted by Crippen LogP contribution is -2.35. The summed E-state index contributed by atoms with van der Waals surface area (Å²) >= 11 is 0. The van der Waals surface area contributed by atoms with E-state index in [1.807, 2.05) is 24.3 Å². The summed E-state index contributed by atoms with van der Waals surface area (Å²) in [5.41, 5.74) is 1.04. The number of nitro benzene ring substituents is 1. The van der Waals surface area contributed by atoms with Gasteiger partial charge in [0, 0.05) is 30.8 Å². The number of hydrogen-bond acceptors (Lipinski definition) is 6. The third-order valence-electron chi connectivity index (χ3n) is 4.23. The molecular weight excluding hydrogens is 364 g/mol. The lowest BCUT2D eigenvalue weighted by molar-refractivity contribution is -0.384. The molecule has 0 radical (unpaired) electrons. The van der Waals surface area contributed by atoms with Crippen LogP contribution in [0, 0.1) is 10.1 Å². The molecule has 0 atom stereocenters. The first-order chi connectivity index (χ1) is 13.4. The van der Waals surface area contributed by atoms with E-state index in [0.717, 1.165) is 11.3 Å².